The van der Waals surface area contributed by atoms with Gasteiger partial charge in [0.1, 0.15) is 5.75 Å². The van der Waals surface area contributed by atoms with Crippen LogP contribution in [0, 0.1) is 0 Å². The Morgan fingerprint density at radius 2 is 2.00 bits per heavy atom. The van der Waals surface area contributed by atoms with Crippen molar-refractivity contribution in [3.63, 3.8) is 0 Å². The third kappa shape index (κ3) is 5.50. The highest BCUT2D eigenvalue weighted by Gasteiger charge is 2.26. The van der Waals surface area contributed by atoms with E-state index in [1.807, 2.05) is 6.07 Å². The lowest BCUT2D eigenvalue weighted by atomic mass is 10.1. The highest BCUT2D eigenvalue weighted by Crippen LogP contribution is 2.40. The van der Waals surface area contributed by atoms with Gasteiger partial charge in [0.25, 0.3) is 0 Å². The molecule has 0 radical (unpaired) electrons. The standard InChI is InChI=1S/C23H19N3O6S2/c1-30-18-9-5-6-16(10-18)11-22(27)26-25-15-32-34(28,29)23-19(17-7-3-2-4-8-17)12-21(33-23)20-13-24-14-31-20/h2-10,12-15H,11H2,1H3,(H,26,27)/b25-15+. The molecule has 2 heterocycles. The summed E-state index contributed by atoms with van der Waals surface area (Å²) < 4.78 is 41.2. The molecule has 9 nitrogen and oxygen atoms in total. The van der Waals surface area contributed by atoms with Crippen molar-refractivity contribution in [3.8, 4) is 27.5 Å². The fourth-order valence-electron chi connectivity index (χ4n) is 3.07. The molecule has 174 valence electrons. The lowest BCUT2D eigenvalue weighted by Gasteiger charge is -2.05. The molecule has 1 amide bonds. The summed E-state index contributed by atoms with van der Waals surface area (Å²) in [7, 11) is -2.70. The molecule has 11 heteroatoms. The van der Waals surface area contributed by atoms with E-state index in [-0.39, 0.29) is 10.6 Å². The molecule has 0 fully saturated rings. The predicted octanol–water partition coefficient (Wildman–Crippen LogP) is 4.09. The molecule has 34 heavy (non-hydrogen) atoms. The zero-order valence-electron chi connectivity index (χ0n) is 17.9. The maximum atomic E-state index is 12.9. The van der Waals surface area contributed by atoms with Gasteiger partial charge in [0.15, 0.2) is 16.4 Å². The summed E-state index contributed by atoms with van der Waals surface area (Å²) in [5.74, 6) is 0.611. The van der Waals surface area contributed by atoms with E-state index in [1.165, 1.54) is 19.7 Å². The second-order valence-corrected chi connectivity index (χ2v) is 9.71. The van der Waals surface area contributed by atoms with Gasteiger partial charge in [0, 0.05) is 5.56 Å². The highest BCUT2D eigenvalue weighted by atomic mass is 32.3. The van der Waals surface area contributed by atoms with E-state index in [1.54, 1.807) is 54.6 Å². The highest BCUT2D eigenvalue weighted by molar-refractivity contribution is 7.89. The van der Waals surface area contributed by atoms with Crippen LogP contribution in [0.4, 0.5) is 0 Å². The first kappa shape index (κ1) is 23.2. The molecule has 0 bridgehead atoms. The molecule has 2 aromatic heterocycles. The topological polar surface area (TPSA) is 120 Å². The van der Waals surface area contributed by atoms with Crippen LogP contribution in [-0.4, -0.2) is 32.8 Å². The first-order valence-electron chi connectivity index (χ1n) is 9.91. The minimum atomic E-state index is -4.24. The van der Waals surface area contributed by atoms with Gasteiger partial charge >= 0.3 is 10.1 Å². The summed E-state index contributed by atoms with van der Waals surface area (Å²) in [6.45, 7) is 0. The average Bonchev–Trinajstić information content (AvgIpc) is 3.53. The number of aromatic nitrogens is 1. The first-order chi connectivity index (χ1) is 16.5. The van der Waals surface area contributed by atoms with Gasteiger partial charge in [-0.25, -0.2) is 10.4 Å². The van der Waals surface area contributed by atoms with Gasteiger partial charge < -0.3 is 13.3 Å². The van der Waals surface area contributed by atoms with Gasteiger partial charge in [-0.05, 0) is 29.3 Å². The number of oxazole rings is 1. The van der Waals surface area contributed by atoms with Crippen molar-refractivity contribution in [1.29, 1.82) is 0 Å². The molecule has 0 unspecified atom stereocenters. The molecule has 0 saturated carbocycles. The lowest BCUT2D eigenvalue weighted by Crippen LogP contribution is -2.20. The molecule has 0 spiro atoms. The van der Waals surface area contributed by atoms with Crippen LogP contribution in [-0.2, 0) is 25.5 Å². The monoisotopic (exact) mass is 497 g/mol. The summed E-state index contributed by atoms with van der Waals surface area (Å²) >= 11 is 0.981. The van der Waals surface area contributed by atoms with E-state index in [0.29, 0.717) is 39.5 Å². The van der Waals surface area contributed by atoms with E-state index < -0.39 is 16.0 Å². The minimum absolute atomic E-state index is 0.0285. The quantitative estimate of drug-likeness (QED) is 0.160. The van der Waals surface area contributed by atoms with Crippen molar-refractivity contribution < 1.29 is 26.5 Å². The van der Waals surface area contributed by atoms with Crippen LogP contribution in [0.3, 0.4) is 0 Å². The number of carbonyl (C=O) groups is 1. The fraction of sp³-hybridized carbons (Fsp3) is 0.0870. The normalized spacial score (nSPS) is 11.4. The molecule has 0 aliphatic heterocycles. The fourth-order valence-corrected chi connectivity index (χ4v) is 5.42. The van der Waals surface area contributed by atoms with Gasteiger partial charge in [-0.15, -0.1) is 16.4 Å². The first-order valence-corrected chi connectivity index (χ1v) is 12.1. The van der Waals surface area contributed by atoms with Crippen molar-refractivity contribution >= 4 is 33.8 Å². The summed E-state index contributed by atoms with van der Waals surface area (Å²) in [6.07, 6.45) is 3.48. The van der Waals surface area contributed by atoms with Crippen molar-refractivity contribution in [2.75, 3.05) is 7.11 Å². The Kier molecular flexibility index (Phi) is 7.04. The zero-order valence-corrected chi connectivity index (χ0v) is 19.5. The van der Waals surface area contributed by atoms with Gasteiger partial charge in [-0.1, -0.05) is 42.5 Å². The van der Waals surface area contributed by atoms with E-state index >= 15 is 0 Å². The third-order valence-electron chi connectivity index (χ3n) is 4.60. The summed E-state index contributed by atoms with van der Waals surface area (Å²) in [5, 5.41) is 3.60. The van der Waals surface area contributed by atoms with Crippen molar-refractivity contribution in [2.24, 2.45) is 5.10 Å². The molecular formula is C23H19N3O6S2. The summed E-state index contributed by atoms with van der Waals surface area (Å²) in [4.78, 5) is 16.5. The number of ether oxygens (including phenoxy) is 1. The van der Waals surface area contributed by atoms with Crippen LogP contribution in [0.1, 0.15) is 5.56 Å². The smallest absolute Gasteiger partial charge is 0.350 e. The number of benzene rings is 2. The van der Waals surface area contributed by atoms with Crippen LogP contribution in [0.2, 0.25) is 0 Å². The summed E-state index contributed by atoms with van der Waals surface area (Å²) in [5.41, 5.74) is 4.10. The van der Waals surface area contributed by atoms with Gasteiger partial charge in [0.2, 0.25) is 12.3 Å². The number of nitrogens with zero attached hydrogens (tertiary/aromatic N) is 2. The molecule has 2 aromatic carbocycles. The predicted molar refractivity (Wildman–Crippen MR) is 127 cm³/mol. The second-order valence-electron chi connectivity index (χ2n) is 6.89. The maximum absolute atomic E-state index is 12.9. The number of carbonyl (C=O) groups excluding carboxylic acids is 1. The molecule has 0 atom stereocenters. The van der Waals surface area contributed by atoms with Crippen molar-refractivity contribution in [3.05, 3.63) is 78.8 Å². The number of hydrogen-bond acceptors (Lipinski definition) is 9. The molecule has 4 aromatic rings. The Bertz CT molecular complexity index is 1400. The van der Waals surface area contributed by atoms with Crippen LogP contribution in [0.5, 0.6) is 5.75 Å². The minimum Gasteiger partial charge on any atom is -0.497 e. The van der Waals surface area contributed by atoms with E-state index in [4.69, 9.17) is 13.3 Å². The second kappa shape index (κ2) is 10.3. The van der Waals surface area contributed by atoms with Gasteiger partial charge in [-0.2, -0.15) is 8.42 Å². The van der Waals surface area contributed by atoms with Crippen LogP contribution in [0.15, 0.2) is 87.0 Å². The average molecular weight is 498 g/mol. The Labute approximate surface area is 199 Å². The molecular weight excluding hydrogens is 478 g/mol. The molecule has 0 aliphatic carbocycles. The largest absolute Gasteiger partial charge is 0.497 e. The number of hydrazone groups is 1. The number of rotatable bonds is 9. The number of hydrogen-bond donors (Lipinski definition) is 1. The SMILES string of the molecule is COc1cccc(CC(=O)N/N=C/OS(=O)(=O)c2sc(-c3cnco3)cc2-c2ccccc2)c1. The number of amides is 1. The molecule has 0 aliphatic rings. The number of nitrogens with one attached hydrogen (secondary N) is 1. The zero-order chi connectivity index (χ0) is 24.0. The Morgan fingerprint density at radius 1 is 1.18 bits per heavy atom. The molecule has 4 rings (SSSR count). The Balaban J connectivity index is 1.48. The van der Waals surface area contributed by atoms with Crippen LogP contribution in [0.25, 0.3) is 21.8 Å². The number of methoxy groups -OCH3 is 1. The van der Waals surface area contributed by atoms with E-state index in [9.17, 15) is 13.2 Å². The van der Waals surface area contributed by atoms with Crippen molar-refractivity contribution in [1.82, 2.24) is 10.4 Å². The Hall–Kier alpha value is -3.96. The van der Waals surface area contributed by atoms with Gasteiger partial charge in [-0.3, -0.25) is 4.79 Å². The molecule has 1 N–H and O–H groups in total. The van der Waals surface area contributed by atoms with Crippen molar-refractivity contribution in [2.45, 2.75) is 10.6 Å². The lowest BCUT2D eigenvalue weighted by molar-refractivity contribution is -0.120. The summed E-state index contributed by atoms with van der Waals surface area (Å²) in [6, 6.07) is 17.7. The van der Waals surface area contributed by atoms with Crippen LogP contribution >= 0.6 is 11.3 Å². The molecule has 0 saturated heterocycles. The van der Waals surface area contributed by atoms with Gasteiger partial charge in [0.05, 0.1) is 24.6 Å². The maximum Gasteiger partial charge on any atom is 0.350 e. The van der Waals surface area contributed by atoms with E-state index in [0.717, 1.165) is 11.3 Å². The van der Waals surface area contributed by atoms with Crippen LogP contribution < -0.4 is 10.2 Å². The Morgan fingerprint density at radius 3 is 2.74 bits per heavy atom. The van der Waals surface area contributed by atoms with E-state index in [2.05, 4.69) is 15.5 Å². The number of thiophene rings is 1. The third-order valence-corrected chi connectivity index (χ3v) is 7.42.